The monoisotopic (exact) mass is 467 g/mol. The predicted molar refractivity (Wildman–Crippen MR) is 126 cm³/mol. The van der Waals surface area contributed by atoms with E-state index in [0.29, 0.717) is 38.4 Å². The van der Waals surface area contributed by atoms with Gasteiger partial charge in [0, 0.05) is 49.9 Å². The van der Waals surface area contributed by atoms with Gasteiger partial charge in [0.15, 0.2) is 0 Å². The lowest BCUT2D eigenvalue weighted by Crippen LogP contribution is -2.50. The van der Waals surface area contributed by atoms with Crippen LogP contribution in [0.2, 0.25) is 0 Å². The topological polar surface area (TPSA) is 70.6 Å². The molecule has 4 rings (SSSR count). The molecule has 0 atom stereocenters. The van der Waals surface area contributed by atoms with Crippen LogP contribution in [-0.4, -0.2) is 54.2 Å². The molecule has 34 heavy (non-hydrogen) atoms. The van der Waals surface area contributed by atoms with Crippen molar-refractivity contribution in [2.75, 3.05) is 43.5 Å². The van der Waals surface area contributed by atoms with E-state index in [0.717, 1.165) is 40.5 Å². The van der Waals surface area contributed by atoms with Gasteiger partial charge in [-0.3, -0.25) is 0 Å². The van der Waals surface area contributed by atoms with Gasteiger partial charge >= 0.3 is 6.03 Å². The fourth-order valence-corrected chi connectivity index (χ4v) is 4.04. The normalized spacial score (nSPS) is 13.7. The average molecular weight is 468 g/mol. The number of anilines is 2. The second kappa shape index (κ2) is 10.0. The van der Waals surface area contributed by atoms with Crippen molar-refractivity contribution < 1.29 is 18.3 Å². The summed E-state index contributed by atoms with van der Waals surface area (Å²) in [7, 11) is 1.64. The fourth-order valence-electron chi connectivity index (χ4n) is 4.04. The van der Waals surface area contributed by atoms with Gasteiger partial charge in [-0.05, 0) is 43.7 Å². The molecule has 9 heteroatoms. The summed E-state index contributed by atoms with van der Waals surface area (Å²) >= 11 is 0. The quantitative estimate of drug-likeness (QED) is 0.605. The molecular weight excluding hydrogens is 440 g/mol. The van der Waals surface area contributed by atoms with E-state index in [2.05, 4.69) is 15.2 Å². The molecule has 2 heterocycles. The van der Waals surface area contributed by atoms with Crippen LogP contribution < -0.4 is 15.0 Å². The number of aromatic nitrogens is 2. The number of hydrogen-bond acceptors (Lipinski definition) is 5. The van der Waals surface area contributed by atoms with Gasteiger partial charge in [-0.15, -0.1) is 0 Å². The highest BCUT2D eigenvalue weighted by Crippen LogP contribution is 2.26. The van der Waals surface area contributed by atoms with Crippen LogP contribution in [0.1, 0.15) is 22.6 Å². The van der Waals surface area contributed by atoms with Crippen LogP contribution in [0.25, 0.3) is 0 Å². The third-order valence-electron chi connectivity index (χ3n) is 5.88. The van der Waals surface area contributed by atoms with Crippen molar-refractivity contribution in [1.82, 2.24) is 14.9 Å². The molecule has 1 N–H and O–H groups in total. The van der Waals surface area contributed by atoms with Gasteiger partial charge in [-0.25, -0.2) is 23.5 Å². The molecule has 1 saturated heterocycles. The first kappa shape index (κ1) is 23.4. The predicted octanol–water partition coefficient (Wildman–Crippen LogP) is 4.33. The molecule has 3 aromatic rings. The molecule has 0 bridgehead atoms. The van der Waals surface area contributed by atoms with Crippen LogP contribution in [0.3, 0.4) is 0 Å². The Morgan fingerprint density at radius 1 is 1.03 bits per heavy atom. The van der Waals surface area contributed by atoms with Crippen molar-refractivity contribution in [1.29, 1.82) is 0 Å². The molecule has 1 aliphatic rings. The van der Waals surface area contributed by atoms with Crippen LogP contribution in [0.5, 0.6) is 5.75 Å². The van der Waals surface area contributed by atoms with Crippen LogP contribution in [-0.2, 0) is 6.42 Å². The Morgan fingerprint density at radius 2 is 1.74 bits per heavy atom. The lowest BCUT2D eigenvalue weighted by molar-refractivity contribution is 0.208. The van der Waals surface area contributed by atoms with Crippen LogP contribution in [0, 0.1) is 25.5 Å². The summed E-state index contributed by atoms with van der Waals surface area (Å²) in [4.78, 5) is 25.7. The highest BCUT2D eigenvalue weighted by Gasteiger charge is 2.25. The zero-order chi connectivity index (χ0) is 24.2. The van der Waals surface area contributed by atoms with Gasteiger partial charge in [0.05, 0.1) is 12.8 Å². The number of urea groups is 1. The van der Waals surface area contributed by atoms with E-state index >= 15 is 0 Å². The van der Waals surface area contributed by atoms with Gasteiger partial charge in [0.25, 0.3) is 0 Å². The number of carbonyl (C=O) groups excluding carboxylic acids is 1. The van der Waals surface area contributed by atoms with Crippen molar-refractivity contribution in [3.05, 3.63) is 76.7 Å². The Bertz CT molecular complexity index is 1180. The second-order valence-corrected chi connectivity index (χ2v) is 8.21. The van der Waals surface area contributed by atoms with E-state index in [9.17, 15) is 13.6 Å². The van der Waals surface area contributed by atoms with Gasteiger partial charge in [0.1, 0.15) is 29.0 Å². The molecule has 0 unspecified atom stereocenters. The largest absolute Gasteiger partial charge is 0.497 e. The molecule has 2 amide bonds. The third-order valence-corrected chi connectivity index (χ3v) is 5.88. The smallest absolute Gasteiger partial charge is 0.322 e. The molecule has 1 fully saturated rings. The number of nitrogens with zero attached hydrogens (tertiary/aromatic N) is 4. The second-order valence-electron chi connectivity index (χ2n) is 8.21. The van der Waals surface area contributed by atoms with Crippen LogP contribution in [0.4, 0.5) is 25.1 Å². The number of rotatable bonds is 5. The van der Waals surface area contributed by atoms with Gasteiger partial charge in [-0.1, -0.05) is 12.1 Å². The number of nitrogens with one attached hydrogen (secondary N) is 1. The van der Waals surface area contributed by atoms with Crippen molar-refractivity contribution in [3.63, 3.8) is 0 Å². The summed E-state index contributed by atoms with van der Waals surface area (Å²) in [5.41, 5.74) is 3.04. The summed E-state index contributed by atoms with van der Waals surface area (Å²) < 4.78 is 32.3. The maximum absolute atomic E-state index is 13.9. The maximum Gasteiger partial charge on any atom is 0.322 e. The van der Waals surface area contributed by atoms with E-state index in [4.69, 9.17) is 9.72 Å². The Hall–Kier alpha value is -3.75. The van der Waals surface area contributed by atoms with Gasteiger partial charge in [0.2, 0.25) is 0 Å². The zero-order valence-corrected chi connectivity index (χ0v) is 19.4. The molecule has 0 spiro atoms. The van der Waals surface area contributed by atoms with E-state index in [1.807, 2.05) is 38.1 Å². The third kappa shape index (κ3) is 5.24. The number of hydrogen-bond donors (Lipinski definition) is 1. The Morgan fingerprint density at radius 3 is 2.38 bits per heavy atom. The number of benzene rings is 2. The van der Waals surface area contributed by atoms with Crippen molar-refractivity contribution in [2.45, 2.75) is 20.3 Å². The number of ether oxygens (including phenoxy) is 1. The summed E-state index contributed by atoms with van der Waals surface area (Å²) in [5, 5.41) is 2.52. The molecule has 1 aliphatic heterocycles. The van der Waals surface area contributed by atoms with E-state index in [1.54, 1.807) is 12.0 Å². The number of methoxy groups -OCH3 is 1. The highest BCUT2D eigenvalue weighted by molar-refractivity contribution is 5.89. The number of piperazine rings is 1. The molecule has 1 aromatic heterocycles. The van der Waals surface area contributed by atoms with Gasteiger partial charge < -0.3 is 19.9 Å². The molecule has 0 saturated carbocycles. The fraction of sp³-hybridized carbons (Fsp3) is 0.320. The molecule has 7 nitrogen and oxygen atoms in total. The first-order chi connectivity index (χ1) is 16.3. The average Bonchev–Trinajstić information content (AvgIpc) is 2.83. The number of amides is 2. The lowest BCUT2D eigenvalue weighted by Gasteiger charge is -2.36. The minimum Gasteiger partial charge on any atom is -0.497 e. The lowest BCUT2D eigenvalue weighted by atomic mass is 10.0. The van der Waals surface area contributed by atoms with E-state index in [1.165, 1.54) is 6.07 Å². The minimum atomic E-state index is -0.804. The Kier molecular flexibility index (Phi) is 6.90. The highest BCUT2D eigenvalue weighted by atomic mass is 19.1. The molecule has 178 valence electrons. The number of carbonyl (C=O) groups is 1. The maximum atomic E-state index is 13.9. The van der Waals surface area contributed by atoms with Crippen LogP contribution >= 0.6 is 0 Å². The van der Waals surface area contributed by atoms with Crippen molar-refractivity contribution >= 4 is 17.5 Å². The SMILES string of the molecule is COc1ccc(Cc2c(C)nc(C)nc2N2CCN(C(=O)Nc3ccc(F)cc3F)CC2)cc1. The Balaban J connectivity index is 1.46. The summed E-state index contributed by atoms with van der Waals surface area (Å²) in [6.07, 6.45) is 0.677. The van der Waals surface area contributed by atoms with Crippen molar-refractivity contribution in [3.8, 4) is 5.75 Å². The van der Waals surface area contributed by atoms with Gasteiger partial charge in [-0.2, -0.15) is 0 Å². The van der Waals surface area contributed by atoms with Crippen molar-refractivity contribution in [2.24, 2.45) is 0 Å². The molecule has 0 aliphatic carbocycles. The number of halogens is 2. The number of aryl methyl sites for hydroxylation is 2. The first-order valence-electron chi connectivity index (χ1n) is 11.1. The standard InChI is InChI=1S/C25H27F2N5O2/c1-16-21(14-18-4-7-20(34-3)8-5-18)24(29-17(2)28-16)31-10-12-32(13-11-31)25(33)30-23-9-6-19(26)15-22(23)27/h4-9,15H,10-14H2,1-3H3,(H,30,33). The van der Waals surface area contributed by atoms with E-state index < -0.39 is 17.7 Å². The van der Waals surface area contributed by atoms with E-state index in [-0.39, 0.29) is 5.69 Å². The summed E-state index contributed by atoms with van der Waals surface area (Å²) in [5.74, 6) is 0.867. The molecule has 2 aromatic carbocycles. The Labute approximate surface area is 197 Å². The first-order valence-corrected chi connectivity index (χ1v) is 11.1. The summed E-state index contributed by atoms with van der Waals surface area (Å²) in [6, 6.07) is 10.6. The molecular formula is C25H27F2N5O2. The minimum absolute atomic E-state index is 0.0438. The van der Waals surface area contributed by atoms with Crippen LogP contribution in [0.15, 0.2) is 42.5 Å². The molecule has 0 radical (unpaired) electrons. The summed E-state index contributed by atoms with van der Waals surface area (Å²) in [6.45, 7) is 5.89. The zero-order valence-electron chi connectivity index (χ0n) is 19.4.